The van der Waals surface area contributed by atoms with E-state index in [4.69, 9.17) is 5.11 Å². The molecule has 0 saturated carbocycles. The van der Waals surface area contributed by atoms with Crippen molar-refractivity contribution in [1.29, 1.82) is 0 Å². The van der Waals surface area contributed by atoms with E-state index >= 15 is 0 Å². The summed E-state index contributed by atoms with van der Waals surface area (Å²) in [5.74, 6) is -0.852. The van der Waals surface area contributed by atoms with Gasteiger partial charge in [0.05, 0.1) is 0 Å². The number of amides is 2. The molecule has 0 unspecified atom stereocenters. The summed E-state index contributed by atoms with van der Waals surface area (Å²) in [4.78, 5) is 21.3. The molecule has 2 amide bonds. The van der Waals surface area contributed by atoms with Gasteiger partial charge in [-0.25, -0.2) is 4.79 Å². The molecule has 92 valence electrons. The number of allylic oxidation sites excluding steroid dienone is 1. The van der Waals surface area contributed by atoms with Crippen molar-refractivity contribution < 1.29 is 14.7 Å². The number of hydrogen-bond donors (Lipinski definition) is 3. The first kappa shape index (κ1) is 14.5. The number of carboxylic acids is 1. The lowest BCUT2D eigenvalue weighted by Crippen LogP contribution is -2.33. The molecule has 0 fully saturated rings. The Balaban J connectivity index is 3.60. The molecule has 0 atom stereocenters. The van der Waals surface area contributed by atoms with Gasteiger partial charge >= 0.3 is 12.0 Å². The van der Waals surface area contributed by atoms with Crippen molar-refractivity contribution in [3.63, 3.8) is 0 Å². The maximum absolute atomic E-state index is 11.2. The van der Waals surface area contributed by atoms with Gasteiger partial charge in [-0.3, -0.25) is 4.79 Å². The molecular weight excluding hydrogens is 208 g/mol. The summed E-state index contributed by atoms with van der Waals surface area (Å²) in [6.07, 6.45) is 3.97. The second-order valence-corrected chi connectivity index (χ2v) is 4.60. The van der Waals surface area contributed by atoms with Crippen LogP contribution in [0.3, 0.4) is 0 Å². The monoisotopic (exact) mass is 228 g/mol. The summed E-state index contributed by atoms with van der Waals surface area (Å²) < 4.78 is 0. The maximum Gasteiger partial charge on any atom is 0.318 e. The number of carbonyl (C=O) groups is 2. The predicted molar refractivity (Wildman–Crippen MR) is 62.0 cm³/mol. The average Bonchev–Trinajstić information content (AvgIpc) is 2.10. The summed E-state index contributed by atoms with van der Waals surface area (Å²) in [6.45, 7) is 6.43. The van der Waals surface area contributed by atoms with Gasteiger partial charge in [0.15, 0.2) is 0 Å². The number of urea groups is 1. The molecule has 5 nitrogen and oxygen atoms in total. The Hall–Kier alpha value is -1.52. The molecule has 0 bridgehead atoms. The van der Waals surface area contributed by atoms with Crippen LogP contribution in [0.5, 0.6) is 0 Å². The normalized spacial score (nSPS) is 11.4. The highest BCUT2D eigenvalue weighted by atomic mass is 16.4. The van der Waals surface area contributed by atoms with Crippen molar-refractivity contribution in [2.24, 2.45) is 5.41 Å². The summed E-state index contributed by atoms with van der Waals surface area (Å²) in [6, 6.07) is -0.314. The zero-order valence-corrected chi connectivity index (χ0v) is 10.0. The van der Waals surface area contributed by atoms with Crippen LogP contribution >= 0.6 is 0 Å². The Morgan fingerprint density at radius 1 is 1.31 bits per heavy atom. The Kier molecular flexibility index (Phi) is 6.22. The van der Waals surface area contributed by atoms with Gasteiger partial charge in [-0.15, -0.1) is 0 Å². The molecule has 0 saturated heterocycles. The third-order valence-electron chi connectivity index (χ3n) is 1.65. The van der Waals surface area contributed by atoms with Gasteiger partial charge in [0, 0.05) is 19.2 Å². The zero-order valence-electron chi connectivity index (χ0n) is 10.0. The van der Waals surface area contributed by atoms with E-state index in [9.17, 15) is 9.59 Å². The van der Waals surface area contributed by atoms with Crippen LogP contribution in [0.25, 0.3) is 0 Å². The highest BCUT2D eigenvalue weighted by molar-refractivity contribution is 5.74. The van der Waals surface area contributed by atoms with Gasteiger partial charge in [0.25, 0.3) is 0 Å². The lowest BCUT2D eigenvalue weighted by Gasteiger charge is -2.11. The lowest BCUT2D eigenvalue weighted by atomic mass is 9.97. The van der Waals surface area contributed by atoms with Gasteiger partial charge in [-0.2, -0.15) is 0 Å². The molecule has 5 heteroatoms. The van der Waals surface area contributed by atoms with Gasteiger partial charge < -0.3 is 15.7 Å². The first-order valence-corrected chi connectivity index (χ1v) is 5.25. The summed E-state index contributed by atoms with van der Waals surface area (Å²) >= 11 is 0. The van der Waals surface area contributed by atoms with Gasteiger partial charge in [-0.05, 0) is 11.8 Å². The molecule has 0 heterocycles. The first-order valence-electron chi connectivity index (χ1n) is 5.25. The van der Waals surface area contributed by atoms with Crippen LogP contribution in [0.2, 0.25) is 0 Å². The zero-order chi connectivity index (χ0) is 12.6. The fraction of sp³-hybridized carbons (Fsp3) is 0.636. The van der Waals surface area contributed by atoms with Crippen LogP contribution in [-0.2, 0) is 4.79 Å². The maximum atomic E-state index is 11.2. The molecule has 0 aromatic carbocycles. The van der Waals surface area contributed by atoms with Gasteiger partial charge in [0.2, 0.25) is 0 Å². The predicted octanol–water partition coefficient (Wildman–Crippen LogP) is 1.71. The number of carboxylic acid groups (broad SMARTS) is 1. The SMILES string of the molecule is CC(C)(C)/C=C/NC(=O)NCCCC(=O)O. The third kappa shape index (κ3) is 10.6. The van der Waals surface area contributed by atoms with E-state index in [-0.39, 0.29) is 17.9 Å². The molecule has 0 spiro atoms. The Morgan fingerprint density at radius 2 is 1.94 bits per heavy atom. The fourth-order valence-electron chi connectivity index (χ4n) is 0.860. The van der Waals surface area contributed by atoms with E-state index in [2.05, 4.69) is 10.6 Å². The number of aliphatic carboxylic acids is 1. The molecule has 0 aliphatic carbocycles. The Morgan fingerprint density at radius 3 is 2.44 bits per heavy atom. The molecule has 0 aromatic rings. The van der Waals surface area contributed by atoms with Gasteiger partial charge in [-0.1, -0.05) is 26.8 Å². The summed E-state index contributed by atoms with van der Waals surface area (Å²) in [7, 11) is 0. The fourth-order valence-corrected chi connectivity index (χ4v) is 0.860. The standard InChI is InChI=1S/C11H20N2O3/c1-11(2,3)6-8-13-10(16)12-7-4-5-9(14)15/h6,8H,4-5,7H2,1-3H3,(H,14,15)(H2,12,13,16)/b8-6+. The second kappa shape index (κ2) is 6.87. The lowest BCUT2D eigenvalue weighted by molar-refractivity contribution is -0.137. The van der Waals surface area contributed by atoms with E-state index in [1.807, 2.05) is 26.8 Å². The molecule has 0 rings (SSSR count). The largest absolute Gasteiger partial charge is 0.481 e. The molecule has 16 heavy (non-hydrogen) atoms. The molecule has 0 aliphatic heterocycles. The van der Waals surface area contributed by atoms with Crippen molar-refractivity contribution in [3.8, 4) is 0 Å². The van der Waals surface area contributed by atoms with E-state index < -0.39 is 5.97 Å². The van der Waals surface area contributed by atoms with Crippen LogP contribution in [0.4, 0.5) is 4.79 Å². The van der Waals surface area contributed by atoms with Crippen molar-refractivity contribution >= 4 is 12.0 Å². The number of carbonyl (C=O) groups excluding carboxylic acids is 1. The number of hydrogen-bond acceptors (Lipinski definition) is 2. The van der Waals surface area contributed by atoms with E-state index in [1.54, 1.807) is 6.20 Å². The van der Waals surface area contributed by atoms with E-state index in [1.165, 1.54) is 0 Å². The van der Waals surface area contributed by atoms with Crippen LogP contribution in [-0.4, -0.2) is 23.7 Å². The highest BCUT2D eigenvalue weighted by Gasteiger charge is 2.04. The topological polar surface area (TPSA) is 78.4 Å². The second-order valence-electron chi connectivity index (χ2n) is 4.60. The number of rotatable bonds is 5. The minimum atomic E-state index is -0.852. The summed E-state index contributed by atoms with van der Waals surface area (Å²) in [5, 5.41) is 13.5. The minimum absolute atomic E-state index is 0.0244. The van der Waals surface area contributed by atoms with Crippen LogP contribution in [0, 0.1) is 5.41 Å². The average molecular weight is 228 g/mol. The summed E-state index contributed by atoms with van der Waals surface area (Å²) in [5.41, 5.74) is 0.0244. The van der Waals surface area contributed by atoms with E-state index in [0.717, 1.165) is 0 Å². The Labute approximate surface area is 95.9 Å². The molecule has 0 aromatic heterocycles. The minimum Gasteiger partial charge on any atom is -0.481 e. The molecular formula is C11H20N2O3. The number of nitrogens with one attached hydrogen (secondary N) is 2. The molecule has 0 radical (unpaired) electrons. The Bertz CT molecular complexity index is 267. The van der Waals surface area contributed by atoms with E-state index in [0.29, 0.717) is 13.0 Å². The van der Waals surface area contributed by atoms with Gasteiger partial charge in [0.1, 0.15) is 0 Å². The van der Waals surface area contributed by atoms with Crippen LogP contribution in [0.1, 0.15) is 33.6 Å². The van der Waals surface area contributed by atoms with Crippen molar-refractivity contribution in [2.75, 3.05) is 6.54 Å². The first-order chi connectivity index (χ1) is 7.31. The van der Waals surface area contributed by atoms with Crippen LogP contribution in [0.15, 0.2) is 12.3 Å². The van der Waals surface area contributed by atoms with Crippen molar-refractivity contribution in [3.05, 3.63) is 12.3 Å². The third-order valence-corrected chi connectivity index (χ3v) is 1.65. The quantitative estimate of drug-likeness (QED) is 0.627. The van der Waals surface area contributed by atoms with Crippen LogP contribution < -0.4 is 10.6 Å². The highest BCUT2D eigenvalue weighted by Crippen LogP contribution is 2.13. The smallest absolute Gasteiger partial charge is 0.318 e. The molecule has 3 N–H and O–H groups in total. The molecule has 0 aliphatic rings. The van der Waals surface area contributed by atoms with Crippen molar-refractivity contribution in [2.45, 2.75) is 33.6 Å². The van der Waals surface area contributed by atoms with Crippen molar-refractivity contribution in [1.82, 2.24) is 10.6 Å².